The third kappa shape index (κ3) is 3.57. The first kappa shape index (κ1) is 18.5. The van der Waals surface area contributed by atoms with Crippen LogP contribution in [0.4, 0.5) is 0 Å². The van der Waals surface area contributed by atoms with Gasteiger partial charge in [0, 0.05) is 43.9 Å². The van der Waals surface area contributed by atoms with Crippen LogP contribution in [0.1, 0.15) is 17.5 Å². The maximum absolute atomic E-state index is 12.7. The second-order valence-electron chi connectivity index (χ2n) is 7.44. The minimum Gasteiger partial charge on any atom is -0.368 e. The van der Waals surface area contributed by atoms with Crippen molar-refractivity contribution in [3.05, 3.63) is 72.8 Å². The van der Waals surface area contributed by atoms with Crippen molar-refractivity contribution in [1.29, 1.82) is 0 Å². The van der Waals surface area contributed by atoms with Crippen LogP contribution < -0.4 is 0 Å². The molecule has 1 aliphatic heterocycles. The number of amides is 1. The fourth-order valence-electron chi connectivity index (χ4n) is 3.84. The quantitative estimate of drug-likeness (QED) is 0.523. The van der Waals surface area contributed by atoms with E-state index in [-0.39, 0.29) is 12.0 Å². The Hall–Kier alpha value is -3.52. The molecule has 152 valence electrons. The van der Waals surface area contributed by atoms with Gasteiger partial charge in [0.1, 0.15) is 6.10 Å². The number of imidazole rings is 1. The first-order chi connectivity index (χ1) is 14.7. The topological polar surface area (TPSA) is 77.5 Å². The van der Waals surface area contributed by atoms with E-state index in [1.807, 2.05) is 59.2 Å². The van der Waals surface area contributed by atoms with Gasteiger partial charge in [0.05, 0.1) is 42.8 Å². The zero-order valence-corrected chi connectivity index (χ0v) is 16.7. The van der Waals surface area contributed by atoms with Crippen molar-refractivity contribution >= 4 is 11.4 Å². The molecule has 30 heavy (non-hydrogen) atoms. The lowest BCUT2D eigenvalue weighted by atomic mass is 10.1. The van der Waals surface area contributed by atoms with E-state index in [1.54, 1.807) is 17.2 Å². The molecule has 0 unspecified atom stereocenters. The molecule has 4 aromatic rings. The first-order valence-electron chi connectivity index (χ1n) is 9.92. The summed E-state index contributed by atoms with van der Waals surface area (Å²) in [7, 11) is 1.85. The highest BCUT2D eigenvalue weighted by molar-refractivity contribution is 5.78. The van der Waals surface area contributed by atoms with E-state index in [0.29, 0.717) is 26.1 Å². The van der Waals surface area contributed by atoms with E-state index in [4.69, 9.17) is 4.74 Å². The van der Waals surface area contributed by atoms with Crippen molar-refractivity contribution in [2.24, 2.45) is 7.05 Å². The van der Waals surface area contributed by atoms with Crippen LogP contribution in [-0.2, 0) is 23.0 Å². The number of rotatable bonds is 4. The SMILES string of the molecule is Cn1ccc(CC(=O)N2CCO[C@@H](c3ncn4cc(-c5cccnc5)ccc34)C2)n1. The fraction of sp³-hybridized carbons (Fsp3) is 0.273. The summed E-state index contributed by atoms with van der Waals surface area (Å²) < 4.78 is 9.69. The Morgan fingerprint density at radius 1 is 1.23 bits per heavy atom. The number of aryl methyl sites for hydroxylation is 1. The molecule has 8 heteroatoms. The molecular weight excluding hydrogens is 380 g/mol. The minimum absolute atomic E-state index is 0.0596. The van der Waals surface area contributed by atoms with Gasteiger partial charge in [0.2, 0.25) is 5.91 Å². The summed E-state index contributed by atoms with van der Waals surface area (Å²) in [5.74, 6) is 0.0596. The number of fused-ring (bicyclic) bond motifs is 1. The van der Waals surface area contributed by atoms with Gasteiger partial charge in [0.25, 0.3) is 0 Å². The maximum atomic E-state index is 12.7. The van der Waals surface area contributed by atoms with Gasteiger partial charge >= 0.3 is 0 Å². The minimum atomic E-state index is -0.249. The number of aromatic nitrogens is 5. The van der Waals surface area contributed by atoms with E-state index in [0.717, 1.165) is 28.0 Å². The van der Waals surface area contributed by atoms with Crippen molar-refractivity contribution in [3.8, 4) is 11.1 Å². The zero-order chi connectivity index (χ0) is 20.5. The summed E-state index contributed by atoms with van der Waals surface area (Å²) in [6.07, 6.45) is 9.33. The highest BCUT2D eigenvalue weighted by Crippen LogP contribution is 2.27. The molecule has 0 radical (unpaired) electrons. The van der Waals surface area contributed by atoms with E-state index >= 15 is 0 Å². The number of hydrogen-bond donors (Lipinski definition) is 0. The third-order valence-electron chi connectivity index (χ3n) is 5.38. The Labute approximate surface area is 173 Å². The van der Waals surface area contributed by atoms with Crippen LogP contribution in [0, 0.1) is 0 Å². The van der Waals surface area contributed by atoms with E-state index in [9.17, 15) is 4.79 Å². The molecule has 1 atom stereocenters. The van der Waals surface area contributed by atoms with E-state index in [1.165, 1.54) is 0 Å². The molecule has 0 spiro atoms. The average molecular weight is 402 g/mol. The Morgan fingerprint density at radius 2 is 2.17 bits per heavy atom. The molecule has 0 aromatic carbocycles. The number of pyridine rings is 2. The van der Waals surface area contributed by atoms with Crippen molar-refractivity contribution < 1.29 is 9.53 Å². The highest BCUT2D eigenvalue weighted by atomic mass is 16.5. The number of nitrogens with zero attached hydrogens (tertiary/aromatic N) is 6. The smallest absolute Gasteiger partial charge is 0.228 e. The van der Waals surface area contributed by atoms with Gasteiger partial charge in [-0.25, -0.2) is 4.98 Å². The lowest BCUT2D eigenvalue weighted by Gasteiger charge is -2.32. The highest BCUT2D eigenvalue weighted by Gasteiger charge is 2.28. The van der Waals surface area contributed by atoms with Gasteiger partial charge in [-0.1, -0.05) is 12.1 Å². The molecule has 0 N–H and O–H groups in total. The average Bonchev–Trinajstić information content (AvgIpc) is 3.39. The number of hydrogen-bond acceptors (Lipinski definition) is 5. The zero-order valence-electron chi connectivity index (χ0n) is 16.7. The van der Waals surface area contributed by atoms with Crippen LogP contribution in [0.3, 0.4) is 0 Å². The van der Waals surface area contributed by atoms with Gasteiger partial charge in [-0.3, -0.25) is 14.5 Å². The molecular formula is C22H22N6O2. The molecule has 5 heterocycles. The Kier molecular flexibility index (Phi) is 4.76. The van der Waals surface area contributed by atoms with E-state index in [2.05, 4.69) is 21.1 Å². The third-order valence-corrected chi connectivity index (χ3v) is 5.38. The second-order valence-corrected chi connectivity index (χ2v) is 7.44. The molecule has 8 nitrogen and oxygen atoms in total. The molecule has 1 amide bonds. The predicted molar refractivity (Wildman–Crippen MR) is 111 cm³/mol. The summed E-state index contributed by atoms with van der Waals surface area (Å²) in [6, 6.07) is 9.93. The first-order valence-corrected chi connectivity index (χ1v) is 9.92. The molecule has 1 fully saturated rings. The Morgan fingerprint density at radius 3 is 2.97 bits per heavy atom. The van der Waals surface area contributed by atoms with Gasteiger partial charge in [0.15, 0.2) is 0 Å². The maximum Gasteiger partial charge on any atom is 0.228 e. The predicted octanol–water partition coefficient (Wildman–Crippen LogP) is 2.27. The van der Waals surface area contributed by atoms with Gasteiger partial charge in [-0.2, -0.15) is 5.10 Å². The van der Waals surface area contributed by atoms with Crippen LogP contribution >= 0.6 is 0 Å². The molecule has 1 saturated heterocycles. The molecule has 0 aliphatic carbocycles. The van der Waals surface area contributed by atoms with Gasteiger partial charge in [-0.15, -0.1) is 0 Å². The van der Waals surface area contributed by atoms with Gasteiger partial charge < -0.3 is 14.0 Å². The fourth-order valence-corrected chi connectivity index (χ4v) is 3.84. The van der Waals surface area contributed by atoms with Crippen molar-refractivity contribution in [1.82, 2.24) is 29.0 Å². The van der Waals surface area contributed by atoms with Crippen molar-refractivity contribution in [2.45, 2.75) is 12.5 Å². The summed E-state index contributed by atoms with van der Waals surface area (Å²) in [4.78, 5) is 23.4. The molecule has 4 aromatic heterocycles. The summed E-state index contributed by atoms with van der Waals surface area (Å²) in [5.41, 5.74) is 4.72. The standard InChI is InChI=1S/C22H22N6O2/c1-26-8-6-18(25-26)11-21(29)27-9-10-30-20(14-27)22-19-5-4-17(13-28(19)15-24-22)16-3-2-7-23-12-16/h2-8,12-13,15,20H,9-11,14H2,1H3/t20-/m1/s1. The lowest BCUT2D eigenvalue weighted by molar-refractivity contribution is -0.138. The monoisotopic (exact) mass is 402 g/mol. The van der Waals surface area contributed by atoms with Crippen LogP contribution in [0.15, 0.2) is 61.4 Å². The van der Waals surface area contributed by atoms with Crippen molar-refractivity contribution in [2.75, 3.05) is 19.7 Å². The van der Waals surface area contributed by atoms with Crippen LogP contribution in [0.2, 0.25) is 0 Å². The normalized spacial score (nSPS) is 16.8. The van der Waals surface area contributed by atoms with Crippen LogP contribution in [-0.4, -0.2) is 54.7 Å². The number of carbonyl (C=O) groups excluding carboxylic acids is 1. The van der Waals surface area contributed by atoms with Crippen molar-refractivity contribution in [3.63, 3.8) is 0 Å². The molecule has 5 rings (SSSR count). The van der Waals surface area contributed by atoms with Crippen LogP contribution in [0.25, 0.3) is 16.6 Å². The number of ether oxygens (including phenoxy) is 1. The summed E-state index contributed by atoms with van der Waals surface area (Å²) >= 11 is 0. The van der Waals surface area contributed by atoms with E-state index < -0.39 is 0 Å². The summed E-state index contributed by atoms with van der Waals surface area (Å²) in [6.45, 7) is 1.56. The van der Waals surface area contributed by atoms with Gasteiger partial charge in [-0.05, 0) is 23.8 Å². The molecule has 1 aliphatic rings. The lowest BCUT2D eigenvalue weighted by Crippen LogP contribution is -2.43. The Bertz CT molecular complexity index is 1180. The number of carbonyl (C=O) groups is 1. The second kappa shape index (κ2) is 7.72. The Balaban J connectivity index is 1.35. The van der Waals surface area contributed by atoms with Crippen LogP contribution in [0.5, 0.6) is 0 Å². The molecule has 0 saturated carbocycles. The number of morpholine rings is 1. The summed E-state index contributed by atoms with van der Waals surface area (Å²) in [5, 5.41) is 4.31. The molecule has 0 bridgehead atoms. The largest absolute Gasteiger partial charge is 0.368 e.